The second-order valence-corrected chi connectivity index (χ2v) is 5.04. The summed E-state index contributed by atoms with van der Waals surface area (Å²) in [7, 11) is 1.38. The van der Waals surface area contributed by atoms with Gasteiger partial charge in [0.25, 0.3) is 5.91 Å². The Morgan fingerprint density at radius 1 is 1.35 bits per heavy atom. The highest BCUT2D eigenvalue weighted by atomic mass is 16.5. The van der Waals surface area contributed by atoms with Gasteiger partial charge in [0, 0.05) is 35.8 Å². The molecular weight excluding hydrogens is 256 g/mol. The number of likely N-dealkylation sites (tertiary alicyclic amines) is 1. The second-order valence-electron chi connectivity index (χ2n) is 5.04. The molecule has 5 heteroatoms. The number of fused-ring (bicyclic) bond motifs is 1. The number of carbonyl (C=O) groups is 2. The molecule has 1 aromatic heterocycles. The van der Waals surface area contributed by atoms with Gasteiger partial charge >= 0.3 is 5.97 Å². The highest BCUT2D eigenvalue weighted by molar-refractivity contribution is 5.98. The van der Waals surface area contributed by atoms with Crippen LogP contribution in [0.4, 0.5) is 0 Å². The van der Waals surface area contributed by atoms with Gasteiger partial charge in [0.2, 0.25) is 0 Å². The summed E-state index contributed by atoms with van der Waals surface area (Å²) in [6, 6.07) is 7.52. The van der Waals surface area contributed by atoms with Gasteiger partial charge in [-0.05, 0) is 30.7 Å². The number of hydrogen-bond donors (Lipinski definition) is 1. The fourth-order valence-corrected chi connectivity index (χ4v) is 2.67. The first-order valence-electron chi connectivity index (χ1n) is 6.63. The monoisotopic (exact) mass is 272 g/mol. The number of amides is 1. The summed E-state index contributed by atoms with van der Waals surface area (Å²) < 4.78 is 4.73. The molecule has 1 fully saturated rings. The van der Waals surface area contributed by atoms with E-state index in [0.29, 0.717) is 25.1 Å². The standard InChI is InChI=1S/C15H16N2O3/c1-20-15(19)12-5-7-17(9-12)14(18)11-2-3-13-10(8-11)4-6-16-13/h2-4,6,8,12,16H,5,7,9H2,1H3. The first kappa shape index (κ1) is 12.7. The molecule has 2 aromatic rings. The fourth-order valence-electron chi connectivity index (χ4n) is 2.67. The van der Waals surface area contributed by atoms with E-state index < -0.39 is 0 Å². The summed E-state index contributed by atoms with van der Waals surface area (Å²) in [5.74, 6) is -0.458. The number of aromatic nitrogens is 1. The minimum Gasteiger partial charge on any atom is -0.469 e. The molecule has 3 rings (SSSR count). The van der Waals surface area contributed by atoms with Gasteiger partial charge in [-0.15, -0.1) is 0 Å². The SMILES string of the molecule is COC(=O)C1CCN(C(=O)c2ccc3[nH]ccc3c2)C1. The zero-order chi connectivity index (χ0) is 14.1. The summed E-state index contributed by atoms with van der Waals surface area (Å²) in [6.45, 7) is 1.04. The number of methoxy groups -OCH3 is 1. The maximum absolute atomic E-state index is 12.4. The lowest BCUT2D eigenvalue weighted by molar-refractivity contribution is -0.144. The Morgan fingerprint density at radius 2 is 2.20 bits per heavy atom. The van der Waals surface area contributed by atoms with Crippen LogP contribution in [-0.4, -0.2) is 42.0 Å². The molecule has 0 aliphatic carbocycles. The average Bonchev–Trinajstić information content (AvgIpc) is 3.13. The molecule has 5 nitrogen and oxygen atoms in total. The largest absolute Gasteiger partial charge is 0.469 e. The highest BCUT2D eigenvalue weighted by Crippen LogP contribution is 2.21. The highest BCUT2D eigenvalue weighted by Gasteiger charge is 2.32. The summed E-state index contributed by atoms with van der Waals surface area (Å²) in [4.78, 5) is 28.7. The van der Waals surface area contributed by atoms with Crippen LogP contribution >= 0.6 is 0 Å². The van der Waals surface area contributed by atoms with Gasteiger partial charge in [0.05, 0.1) is 13.0 Å². The van der Waals surface area contributed by atoms with Crippen molar-refractivity contribution in [3.63, 3.8) is 0 Å². The second kappa shape index (κ2) is 5.00. The number of rotatable bonds is 2. The maximum atomic E-state index is 12.4. The number of H-pyrrole nitrogens is 1. The number of esters is 1. The fraction of sp³-hybridized carbons (Fsp3) is 0.333. The van der Waals surface area contributed by atoms with E-state index in [0.717, 1.165) is 10.9 Å². The van der Waals surface area contributed by atoms with Crippen LogP contribution in [0.25, 0.3) is 10.9 Å². The summed E-state index contributed by atoms with van der Waals surface area (Å²) in [5.41, 5.74) is 1.66. The van der Waals surface area contributed by atoms with Gasteiger partial charge < -0.3 is 14.6 Å². The molecule has 1 saturated heterocycles. The van der Waals surface area contributed by atoms with Gasteiger partial charge in [-0.2, -0.15) is 0 Å². The molecule has 0 radical (unpaired) electrons. The van der Waals surface area contributed by atoms with Crippen molar-refractivity contribution in [2.45, 2.75) is 6.42 Å². The van der Waals surface area contributed by atoms with Crippen molar-refractivity contribution in [3.05, 3.63) is 36.0 Å². The van der Waals surface area contributed by atoms with Crippen LogP contribution in [0.5, 0.6) is 0 Å². The van der Waals surface area contributed by atoms with Gasteiger partial charge in [-0.1, -0.05) is 0 Å². The molecule has 104 valence electrons. The van der Waals surface area contributed by atoms with Crippen LogP contribution in [0.3, 0.4) is 0 Å². The maximum Gasteiger partial charge on any atom is 0.310 e. The molecule has 1 amide bonds. The van der Waals surface area contributed by atoms with Crippen molar-refractivity contribution in [2.75, 3.05) is 20.2 Å². The smallest absolute Gasteiger partial charge is 0.310 e. The molecular formula is C15H16N2O3. The number of carbonyl (C=O) groups excluding carboxylic acids is 2. The molecule has 0 bridgehead atoms. The van der Waals surface area contributed by atoms with Crippen molar-refractivity contribution < 1.29 is 14.3 Å². The van der Waals surface area contributed by atoms with Crippen LogP contribution in [0.1, 0.15) is 16.8 Å². The van der Waals surface area contributed by atoms with Crippen molar-refractivity contribution in [3.8, 4) is 0 Å². The van der Waals surface area contributed by atoms with E-state index in [1.165, 1.54) is 7.11 Å². The van der Waals surface area contributed by atoms with E-state index in [1.807, 2.05) is 30.5 Å². The molecule has 1 unspecified atom stereocenters. The van der Waals surface area contributed by atoms with E-state index in [9.17, 15) is 9.59 Å². The predicted molar refractivity (Wildman–Crippen MR) is 74.3 cm³/mol. The Kier molecular flexibility index (Phi) is 3.18. The number of benzene rings is 1. The molecule has 0 saturated carbocycles. The Bertz CT molecular complexity index is 662. The van der Waals surface area contributed by atoms with Crippen molar-refractivity contribution >= 4 is 22.8 Å². The Morgan fingerprint density at radius 3 is 3.00 bits per heavy atom. The molecule has 1 aliphatic rings. The quantitative estimate of drug-likeness (QED) is 0.848. The Hall–Kier alpha value is -2.30. The molecule has 2 heterocycles. The number of nitrogens with one attached hydrogen (secondary N) is 1. The lowest BCUT2D eigenvalue weighted by atomic mass is 10.1. The molecule has 1 aromatic carbocycles. The van der Waals surface area contributed by atoms with Crippen molar-refractivity contribution in [1.29, 1.82) is 0 Å². The normalized spacial score (nSPS) is 18.4. The topological polar surface area (TPSA) is 62.4 Å². The minimum atomic E-state index is -0.235. The molecule has 1 aliphatic heterocycles. The number of nitrogens with zero attached hydrogens (tertiary/aromatic N) is 1. The number of hydrogen-bond acceptors (Lipinski definition) is 3. The molecule has 1 atom stereocenters. The third-order valence-corrected chi connectivity index (χ3v) is 3.81. The minimum absolute atomic E-state index is 0.0282. The summed E-state index contributed by atoms with van der Waals surface area (Å²) >= 11 is 0. The van der Waals surface area contributed by atoms with Crippen LogP contribution in [-0.2, 0) is 9.53 Å². The van der Waals surface area contributed by atoms with E-state index >= 15 is 0 Å². The van der Waals surface area contributed by atoms with Gasteiger partial charge in [0.1, 0.15) is 0 Å². The first-order valence-corrected chi connectivity index (χ1v) is 6.63. The first-order chi connectivity index (χ1) is 9.69. The molecule has 20 heavy (non-hydrogen) atoms. The summed E-state index contributed by atoms with van der Waals surface area (Å²) in [5, 5.41) is 1.01. The van der Waals surface area contributed by atoms with E-state index in [2.05, 4.69) is 4.98 Å². The van der Waals surface area contributed by atoms with Crippen LogP contribution in [0, 0.1) is 5.92 Å². The zero-order valence-electron chi connectivity index (χ0n) is 11.3. The molecule has 0 spiro atoms. The Labute approximate surface area is 116 Å². The van der Waals surface area contributed by atoms with E-state index in [4.69, 9.17) is 4.74 Å². The van der Waals surface area contributed by atoms with Gasteiger partial charge in [-0.3, -0.25) is 9.59 Å². The van der Waals surface area contributed by atoms with Gasteiger partial charge in [0.15, 0.2) is 0 Å². The third kappa shape index (κ3) is 2.15. The van der Waals surface area contributed by atoms with Crippen molar-refractivity contribution in [1.82, 2.24) is 9.88 Å². The van der Waals surface area contributed by atoms with E-state index in [-0.39, 0.29) is 17.8 Å². The Balaban J connectivity index is 1.77. The summed E-state index contributed by atoms with van der Waals surface area (Å²) in [6.07, 6.45) is 2.52. The number of aromatic amines is 1. The van der Waals surface area contributed by atoms with E-state index in [1.54, 1.807) is 4.90 Å². The number of ether oxygens (including phenoxy) is 1. The third-order valence-electron chi connectivity index (χ3n) is 3.81. The lowest BCUT2D eigenvalue weighted by Gasteiger charge is -2.16. The van der Waals surface area contributed by atoms with Crippen LogP contribution in [0.15, 0.2) is 30.5 Å². The van der Waals surface area contributed by atoms with Crippen LogP contribution < -0.4 is 0 Å². The van der Waals surface area contributed by atoms with Gasteiger partial charge in [-0.25, -0.2) is 0 Å². The van der Waals surface area contributed by atoms with Crippen molar-refractivity contribution in [2.24, 2.45) is 5.92 Å². The molecule has 1 N–H and O–H groups in total. The average molecular weight is 272 g/mol. The lowest BCUT2D eigenvalue weighted by Crippen LogP contribution is -2.30. The van der Waals surface area contributed by atoms with Crippen LogP contribution in [0.2, 0.25) is 0 Å². The predicted octanol–water partition coefficient (Wildman–Crippen LogP) is 1.80. The zero-order valence-corrected chi connectivity index (χ0v) is 11.3.